The molecule has 0 fully saturated rings. The number of rotatable bonds is 1. The Bertz CT molecular complexity index is 324. The molecule has 3 heteroatoms. The van der Waals surface area contributed by atoms with Gasteiger partial charge < -0.3 is 4.79 Å². The zero-order valence-corrected chi connectivity index (χ0v) is 7.10. The predicted molar refractivity (Wildman–Crippen MR) is 45.9 cm³/mol. The van der Waals surface area contributed by atoms with E-state index in [1.54, 1.807) is 17.8 Å². The van der Waals surface area contributed by atoms with Crippen molar-refractivity contribution in [1.29, 1.82) is 0 Å². The van der Waals surface area contributed by atoms with E-state index in [4.69, 9.17) is 0 Å². The minimum atomic E-state index is -0.255. The van der Waals surface area contributed by atoms with Crippen LogP contribution in [0, 0.1) is 5.82 Å². The standard InChI is InChI=1S/C9H7FOS/c10-7-2-1-3-8-9(7)6(4-11)5-12-8/h1-4,6H,5H2. The second-order valence-electron chi connectivity index (χ2n) is 2.71. The Labute approximate surface area is 74.0 Å². The molecule has 2 rings (SSSR count). The van der Waals surface area contributed by atoms with Crippen LogP contribution in [0.5, 0.6) is 0 Å². The minimum Gasteiger partial charge on any atom is -0.303 e. The summed E-state index contributed by atoms with van der Waals surface area (Å²) in [7, 11) is 0. The summed E-state index contributed by atoms with van der Waals surface area (Å²) in [4.78, 5) is 11.5. The summed E-state index contributed by atoms with van der Waals surface area (Å²) in [5.74, 6) is 0.181. The van der Waals surface area contributed by atoms with Gasteiger partial charge in [-0.25, -0.2) is 4.39 Å². The maximum Gasteiger partial charge on any atom is 0.128 e. The molecular weight excluding hydrogens is 175 g/mol. The normalized spacial score (nSPS) is 20.6. The average molecular weight is 182 g/mol. The van der Waals surface area contributed by atoms with Gasteiger partial charge in [0.1, 0.15) is 12.1 Å². The zero-order valence-electron chi connectivity index (χ0n) is 6.29. The molecule has 1 aromatic carbocycles. The molecule has 1 heterocycles. The van der Waals surface area contributed by atoms with E-state index >= 15 is 0 Å². The summed E-state index contributed by atoms with van der Waals surface area (Å²) in [6.07, 6.45) is 0.821. The maximum atomic E-state index is 13.2. The highest BCUT2D eigenvalue weighted by atomic mass is 32.2. The lowest BCUT2D eigenvalue weighted by molar-refractivity contribution is -0.108. The molecule has 0 bridgehead atoms. The van der Waals surface area contributed by atoms with Gasteiger partial charge in [-0.15, -0.1) is 11.8 Å². The smallest absolute Gasteiger partial charge is 0.128 e. The molecule has 1 unspecified atom stereocenters. The van der Waals surface area contributed by atoms with E-state index in [0.29, 0.717) is 11.3 Å². The third-order valence-electron chi connectivity index (χ3n) is 1.97. The summed E-state index contributed by atoms with van der Waals surface area (Å²) >= 11 is 1.54. The Balaban J connectivity index is 2.55. The highest BCUT2D eigenvalue weighted by molar-refractivity contribution is 7.99. The number of aldehydes is 1. The molecule has 62 valence electrons. The van der Waals surface area contributed by atoms with Gasteiger partial charge in [0, 0.05) is 16.2 Å². The van der Waals surface area contributed by atoms with Crippen molar-refractivity contribution in [3.8, 4) is 0 Å². The molecule has 0 radical (unpaired) electrons. The number of hydrogen-bond acceptors (Lipinski definition) is 2. The van der Waals surface area contributed by atoms with Crippen LogP contribution in [0.1, 0.15) is 11.5 Å². The van der Waals surface area contributed by atoms with Gasteiger partial charge in [0.2, 0.25) is 0 Å². The number of thioether (sulfide) groups is 1. The Morgan fingerprint density at radius 1 is 1.58 bits per heavy atom. The number of carbonyl (C=O) groups excluding carboxylic acids is 1. The number of benzene rings is 1. The predicted octanol–water partition coefficient (Wildman–Crippen LogP) is 2.21. The van der Waals surface area contributed by atoms with Crippen LogP contribution in [-0.2, 0) is 4.79 Å². The molecule has 0 amide bonds. The Kier molecular flexibility index (Phi) is 1.89. The molecule has 0 spiro atoms. The fraction of sp³-hybridized carbons (Fsp3) is 0.222. The summed E-state index contributed by atoms with van der Waals surface area (Å²) in [5, 5.41) is 0. The van der Waals surface area contributed by atoms with E-state index in [-0.39, 0.29) is 11.7 Å². The number of carbonyl (C=O) groups is 1. The molecule has 0 saturated carbocycles. The molecule has 1 aliphatic heterocycles. The van der Waals surface area contributed by atoms with Crippen LogP contribution in [0.2, 0.25) is 0 Å². The van der Waals surface area contributed by atoms with E-state index in [9.17, 15) is 9.18 Å². The van der Waals surface area contributed by atoms with Crippen molar-refractivity contribution in [1.82, 2.24) is 0 Å². The quantitative estimate of drug-likeness (QED) is 0.619. The zero-order chi connectivity index (χ0) is 8.55. The van der Waals surface area contributed by atoms with E-state index in [1.165, 1.54) is 6.07 Å². The van der Waals surface area contributed by atoms with Crippen molar-refractivity contribution in [3.05, 3.63) is 29.6 Å². The van der Waals surface area contributed by atoms with E-state index in [2.05, 4.69) is 0 Å². The van der Waals surface area contributed by atoms with Gasteiger partial charge in [-0.1, -0.05) is 6.07 Å². The minimum absolute atomic E-state index is 0.244. The highest BCUT2D eigenvalue weighted by Crippen LogP contribution is 2.39. The van der Waals surface area contributed by atoms with Gasteiger partial charge in [0.05, 0.1) is 5.92 Å². The van der Waals surface area contributed by atoms with Crippen molar-refractivity contribution < 1.29 is 9.18 Å². The third kappa shape index (κ3) is 1.05. The lowest BCUT2D eigenvalue weighted by atomic mass is 10.0. The molecule has 1 nitrogen and oxygen atoms in total. The highest BCUT2D eigenvalue weighted by Gasteiger charge is 2.25. The Morgan fingerprint density at radius 2 is 2.42 bits per heavy atom. The molecule has 0 aliphatic carbocycles. The monoisotopic (exact) mass is 182 g/mol. The average Bonchev–Trinajstić information content (AvgIpc) is 2.49. The Hall–Kier alpha value is -0.830. The number of hydrogen-bond donors (Lipinski definition) is 0. The molecule has 1 atom stereocenters. The molecular formula is C9H7FOS. The molecule has 0 saturated heterocycles. The van der Waals surface area contributed by atoms with Gasteiger partial charge in [0.25, 0.3) is 0 Å². The van der Waals surface area contributed by atoms with Gasteiger partial charge in [-0.05, 0) is 12.1 Å². The number of fused-ring (bicyclic) bond motifs is 1. The van der Waals surface area contributed by atoms with Crippen LogP contribution in [-0.4, -0.2) is 12.0 Å². The van der Waals surface area contributed by atoms with Gasteiger partial charge in [-0.2, -0.15) is 0 Å². The summed E-state index contributed by atoms with van der Waals surface area (Å²) < 4.78 is 13.2. The largest absolute Gasteiger partial charge is 0.303 e. The molecule has 0 N–H and O–H groups in total. The molecule has 0 aromatic heterocycles. The van der Waals surface area contributed by atoms with Crippen molar-refractivity contribution in [3.63, 3.8) is 0 Å². The van der Waals surface area contributed by atoms with Crippen LogP contribution in [0.3, 0.4) is 0 Å². The fourth-order valence-corrected chi connectivity index (χ4v) is 2.56. The molecule has 1 aromatic rings. The lowest BCUT2D eigenvalue weighted by Gasteiger charge is -2.01. The Morgan fingerprint density at radius 3 is 3.17 bits per heavy atom. The SMILES string of the molecule is O=CC1CSc2cccc(F)c21. The topological polar surface area (TPSA) is 17.1 Å². The summed E-state index contributed by atoms with van der Waals surface area (Å²) in [5.41, 5.74) is 0.581. The summed E-state index contributed by atoms with van der Waals surface area (Å²) in [6, 6.07) is 4.93. The van der Waals surface area contributed by atoms with Crippen LogP contribution < -0.4 is 0 Å². The van der Waals surface area contributed by atoms with Gasteiger partial charge in [-0.3, -0.25) is 0 Å². The van der Waals surface area contributed by atoms with Crippen LogP contribution in [0.4, 0.5) is 4.39 Å². The first-order valence-corrected chi connectivity index (χ1v) is 4.68. The van der Waals surface area contributed by atoms with Crippen molar-refractivity contribution in [2.75, 3.05) is 5.75 Å². The maximum absolute atomic E-state index is 13.2. The lowest BCUT2D eigenvalue weighted by Crippen LogP contribution is -2.00. The third-order valence-corrected chi connectivity index (χ3v) is 3.16. The van der Waals surface area contributed by atoms with Crippen molar-refractivity contribution >= 4 is 18.0 Å². The van der Waals surface area contributed by atoms with Crippen LogP contribution >= 0.6 is 11.8 Å². The van der Waals surface area contributed by atoms with Crippen LogP contribution in [0.25, 0.3) is 0 Å². The van der Waals surface area contributed by atoms with Crippen molar-refractivity contribution in [2.24, 2.45) is 0 Å². The first-order chi connectivity index (χ1) is 5.83. The first-order valence-electron chi connectivity index (χ1n) is 3.69. The second-order valence-corrected chi connectivity index (χ2v) is 3.77. The summed E-state index contributed by atoms with van der Waals surface area (Å²) in [6.45, 7) is 0. The van der Waals surface area contributed by atoms with Gasteiger partial charge >= 0.3 is 0 Å². The fourth-order valence-electron chi connectivity index (χ4n) is 1.37. The van der Waals surface area contributed by atoms with Gasteiger partial charge in [0.15, 0.2) is 0 Å². The second kappa shape index (κ2) is 2.90. The van der Waals surface area contributed by atoms with E-state index < -0.39 is 0 Å². The first kappa shape index (κ1) is 7.80. The van der Waals surface area contributed by atoms with E-state index in [1.807, 2.05) is 6.07 Å². The number of halogens is 1. The molecule has 1 aliphatic rings. The van der Waals surface area contributed by atoms with E-state index in [0.717, 1.165) is 11.2 Å². The van der Waals surface area contributed by atoms with Crippen LogP contribution in [0.15, 0.2) is 23.1 Å². The molecule has 12 heavy (non-hydrogen) atoms. The van der Waals surface area contributed by atoms with Crippen molar-refractivity contribution in [2.45, 2.75) is 10.8 Å².